The number of benzene rings is 3. The highest BCUT2D eigenvalue weighted by Crippen LogP contribution is 2.34. The monoisotopic (exact) mass is 523 g/mol. The number of ketones is 1. The highest BCUT2D eigenvalue weighted by molar-refractivity contribution is 6.33. The zero-order chi connectivity index (χ0) is 25.6. The Labute approximate surface area is 208 Å². The molecule has 0 unspecified atom stereocenters. The van der Waals surface area contributed by atoms with Gasteiger partial charge in [-0.3, -0.25) is 14.4 Å². The van der Waals surface area contributed by atoms with Crippen molar-refractivity contribution in [3.63, 3.8) is 0 Å². The summed E-state index contributed by atoms with van der Waals surface area (Å²) in [6, 6.07) is 16.9. The van der Waals surface area contributed by atoms with E-state index in [1.807, 2.05) is 0 Å². The molecule has 0 spiro atoms. The molecule has 1 atom stereocenters. The largest absolute Gasteiger partial charge is 0.449 e. The van der Waals surface area contributed by atoms with Crippen LogP contribution in [0.4, 0.5) is 18.9 Å². The van der Waals surface area contributed by atoms with E-state index in [2.05, 4.69) is 5.32 Å². The Kier molecular flexibility index (Phi) is 8.53. The molecule has 10 heteroatoms. The number of anilines is 1. The third kappa shape index (κ3) is 7.31. The van der Waals surface area contributed by atoms with Crippen molar-refractivity contribution >= 4 is 46.5 Å². The highest BCUT2D eigenvalue weighted by atomic mass is 35.5. The van der Waals surface area contributed by atoms with Gasteiger partial charge in [0.2, 0.25) is 11.7 Å². The van der Waals surface area contributed by atoms with Gasteiger partial charge in [0.25, 0.3) is 0 Å². The fraction of sp³-hybridized carbons (Fsp3) is 0.160. The van der Waals surface area contributed by atoms with E-state index in [9.17, 15) is 27.6 Å². The molecular formula is C25H18Cl2F3NO4. The number of ether oxygens (including phenoxy) is 1. The second-order valence-electron chi connectivity index (χ2n) is 7.39. The van der Waals surface area contributed by atoms with Crippen molar-refractivity contribution in [2.24, 2.45) is 0 Å². The van der Waals surface area contributed by atoms with Crippen LogP contribution in [0.2, 0.25) is 10.0 Å². The van der Waals surface area contributed by atoms with Crippen LogP contribution in [0.3, 0.4) is 0 Å². The number of esters is 1. The van der Waals surface area contributed by atoms with Gasteiger partial charge < -0.3 is 10.1 Å². The first-order valence-corrected chi connectivity index (χ1v) is 11.0. The normalized spacial score (nSPS) is 12.0. The number of halogens is 5. The molecule has 0 heterocycles. The molecule has 0 aliphatic carbocycles. The van der Waals surface area contributed by atoms with Gasteiger partial charge in [0.15, 0.2) is 6.10 Å². The lowest BCUT2D eigenvalue weighted by molar-refractivity contribution is -0.148. The van der Waals surface area contributed by atoms with E-state index in [1.165, 1.54) is 24.3 Å². The minimum absolute atomic E-state index is 0.0911. The molecular weight excluding hydrogens is 506 g/mol. The number of nitrogens with one attached hydrogen (secondary N) is 1. The van der Waals surface area contributed by atoms with Crippen LogP contribution < -0.4 is 5.32 Å². The molecule has 0 fully saturated rings. The molecule has 1 N–H and O–H groups in total. The second-order valence-corrected chi connectivity index (χ2v) is 8.24. The van der Waals surface area contributed by atoms with Crippen LogP contribution in [0, 0.1) is 0 Å². The number of amides is 1. The van der Waals surface area contributed by atoms with Crippen LogP contribution in [-0.4, -0.2) is 17.7 Å². The van der Waals surface area contributed by atoms with Crippen molar-refractivity contribution in [1.29, 1.82) is 0 Å². The lowest BCUT2D eigenvalue weighted by Crippen LogP contribution is -2.21. The van der Waals surface area contributed by atoms with Gasteiger partial charge in [0.1, 0.15) is 0 Å². The van der Waals surface area contributed by atoms with E-state index >= 15 is 0 Å². The summed E-state index contributed by atoms with van der Waals surface area (Å²) < 4.78 is 44.1. The van der Waals surface area contributed by atoms with Crippen molar-refractivity contribution < 1.29 is 32.3 Å². The van der Waals surface area contributed by atoms with E-state index in [-0.39, 0.29) is 16.3 Å². The highest BCUT2D eigenvalue weighted by Gasteiger charge is 2.31. The quantitative estimate of drug-likeness (QED) is 0.257. The molecule has 0 radical (unpaired) electrons. The molecule has 5 nitrogen and oxygen atoms in total. The first kappa shape index (κ1) is 26.2. The second kappa shape index (κ2) is 11.4. The van der Waals surface area contributed by atoms with Crippen LogP contribution in [0.5, 0.6) is 0 Å². The molecule has 0 aliphatic rings. The number of rotatable bonds is 8. The Morgan fingerprint density at radius 2 is 1.54 bits per heavy atom. The number of hydrogen-bond acceptors (Lipinski definition) is 4. The third-order valence-corrected chi connectivity index (χ3v) is 5.42. The summed E-state index contributed by atoms with van der Waals surface area (Å²) in [5.74, 6) is -2.07. The predicted molar refractivity (Wildman–Crippen MR) is 125 cm³/mol. The summed E-state index contributed by atoms with van der Waals surface area (Å²) in [4.78, 5) is 37.7. The summed E-state index contributed by atoms with van der Waals surface area (Å²) in [7, 11) is 0. The average molecular weight is 524 g/mol. The van der Waals surface area contributed by atoms with Crippen molar-refractivity contribution in [2.45, 2.75) is 25.1 Å². The Hall–Kier alpha value is -3.36. The van der Waals surface area contributed by atoms with Gasteiger partial charge in [-0.1, -0.05) is 53.5 Å². The number of carbonyl (C=O) groups is 3. The van der Waals surface area contributed by atoms with E-state index in [1.54, 1.807) is 30.3 Å². The van der Waals surface area contributed by atoms with Crippen molar-refractivity contribution in [3.8, 4) is 0 Å². The van der Waals surface area contributed by atoms with Crippen LogP contribution >= 0.6 is 23.2 Å². The van der Waals surface area contributed by atoms with Gasteiger partial charge >= 0.3 is 12.1 Å². The van der Waals surface area contributed by atoms with Crippen LogP contribution in [0.15, 0.2) is 72.8 Å². The minimum atomic E-state index is -4.61. The van der Waals surface area contributed by atoms with Gasteiger partial charge in [-0.2, -0.15) is 13.2 Å². The summed E-state index contributed by atoms with van der Waals surface area (Å²) in [5.41, 5.74) is -0.517. The summed E-state index contributed by atoms with van der Waals surface area (Å²) >= 11 is 11.7. The molecule has 0 aliphatic heterocycles. The first-order valence-electron chi connectivity index (χ1n) is 10.3. The van der Waals surface area contributed by atoms with E-state index in [4.69, 9.17) is 27.9 Å². The van der Waals surface area contributed by atoms with Crippen molar-refractivity contribution in [3.05, 3.63) is 99.5 Å². The van der Waals surface area contributed by atoms with Gasteiger partial charge in [-0.05, 0) is 42.5 Å². The molecule has 182 valence electrons. The Morgan fingerprint density at radius 3 is 2.17 bits per heavy atom. The number of carbonyl (C=O) groups excluding carboxylic acids is 3. The smallest absolute Gasteiger partial charge is 0.416 e. The third-order valence-electron chi connectivity index (χ3n) is 4.84. The maximum atomic E-state index is 13.0. The van der Waals surface area contributed by atoms with E-state index in [0.717, 1.165) is 12.1 Å². The Morgan fingerprint density at radius 1 is 0.886 bits per heavy atom. The molecule has 0 aromatic heterocycles. The van der Waals surface area contributed by atoms with Crippen LogP contribution in [0.25, 0.3) is 0 Å². The molecule has 0 bridgehead atoms. The Bertz CT molecular complexity index is 1220. The van der Waals surface area contributed by atoms with E-state index in [0.29, 0.717) is 16.7 Å². The molecule has 0 saturated heterocycles. The zero-order valence-corrected chi connectivity index (χ0v) is 19.5. The Balaban J connectivity index is 1.66. The van der Waals surface area contributed by atoms with Gasteiger partial charge in [0.05, 0.1) is 22.7 Å². The zero-order valence-electron chi connectivity index (χ0n) is 17.9. The van der Waals surface area contributed by atoms with Gasteiger partial charge in [0, 0.05) is 22.6 Å². The molecule has 0 saturated carbocycles. The molecule has 1 amide bonds. The maximum absolute atomic E-state index is 13.0. The number of hydrogen-bond donors (Lipinski definition) is 1. The van der Waals surface area contributed by atoms with Crippen LogP contribution in [-0.2, 0) is 20.5 Å². The van der Waals surface area contributed by atoms with Crippen molar-refractivity contribution in [2.75, 3.05) is 5.32 Å². The van der Waals surface area contributed by atoms with Crippen LogP contribution in [0.1, 0.15) is 40.4 Å². The summed E-state index contributed by atoms with van der Waals surface area (Å²) in [6.45, 7) is 0. The molecule has 3 aromatic rings. The fourth-order valence-electron chi connectivity index (χ4n) is 3.08. The average Bonchev–Trinajstić information content (AvgIpc) is 2.82. The summed E-state index contributed by atoms with van der Waals surface area (Å²) in [6.07, 6.45) is -6.69. The minimum Gasteiger partial charge on any atom is -0.449 e. The SMILES string of the molecule is O=C(CCC(=O)O[C@H](C(=O)c1ccc(Cl)cc1)c1ccccc1)Nc1cc(C(F)(F)F)ccc1Cl. The number of alkyl halides is 3. The molecule has 3 rings (SSSR count). The predicted octanol–water partition coefficient (Wildman–Crippen LogP) is 6.90. The summed E-state index contributed by atoms with van der Waals surface area (Å²) in [5, 5.41) is 2.60. The standard InChI is InChI=1S/C25H18Cl2F3NO4/c26-18-9-6-15(7-10-18)23(34)24(16-4-2-1-3-5-16)35-22(33)13-12-21(32)31-20-14-17(25(28,29)30)8-11-19(20)27/h1-11,14,24H,12-13H2,(H,31,32)/t24-/m0/s1. The van der Waals surface area contributed by atoms with Gasteiger partial charge in [-0.25, -0.2) is 0 Å². The maximum Gasteiger partial charge on any atom is 0.416 e. The number of Topliss-reactive ketones (excluding diaryl/α,β-unsaturated/α-hetero) is 1. The topological polar surface area (TPSA) is 72.5 Å². The molecule has 3 aromatic carbocycles. The van der Waals surface area contributed by atoms with Gasteiger partial charge in [-0.15, -0.1) is 0 Å². The molecule has 35 heavy (non-hydrogen) atoms. The lowest BCUT2D eigenvalue weighted by Gasteiger charge is -2.17. The lowest BCUT2D eigenvalue weighted by atomic mass is 10.00. The fourth-order valence-corrected chi connectivity index (χ4v) is 3.37. The van der Waals surface area contributed by atoms with Crippen molar-refractivity contribution in [1.82, 2.24) is 0 Å². The first-order chi connectivity index (χ1) is 16.5. The van der Waals surface area contributed by atoms with E-state index < -0.39 is 48.3 Å².